The summed E-state index contributed by atoms with van der Waals surface area (Å²) in [4.78, 5) is 14.1. The monoisotopic (exact) mass is 427 g/mol. The van der Waals surface area contributed by atoms with Crippen LogP contribution in [0.1, 0.15) is 31.2 Å². The van der Waals surface area contributed by atoms with Crippen LogP contribution in [0.25, 0.3) is 0 Å². The summed E-state index contributed by atoms with van der Waals surface area (Å²) in [6, 6.07) is 4.10. The molecule has 4 nitrogen and oxygen atoms in total. The van der Waals surface area contributed by atoms with Crippen molar-refractivity contribution in [3.05, 3.63) is 32.5 Å². The summed E-state index contributed by atoms with van der Waals surface area (Å²) in [7, 11) is 3.34. The normalized spacial score (nSPS) is 17.5. The molecule has 0 bridgehead atoms. The number of Topliss-reactive ketones (excluding diaryl/α,β-unsaturated/α-hetero) is 1. The van der Waals surface area contributed by atoms with Gasteiger partial charge in [-0.25, -0.2) is 0 Å². The van der Waals surface area contributed by atoms with E-state index >= 15 is 0 Å². The molecule has 0 N–H and O–H groups in total. The fraction of sp³-hybridized carbons (Fsp3) is 0.500. The van der Waals surface area contributed by atoms with Gasteiger partial charge in [-0.1, -0.05) is 6.07 Å². The minimum atomic E-state index is 0.403. The summed E-state index contributed by atoms with van der Waals surface area (Å²) in [5.41, 5.74) is 4.09. The molecule has 0 aromatic heterocycles. The van der Waals surface area contributed by atoms with Gasteiger partial charge in [0.05, 0.1) is 17.8 Å². The predicted molar refractivity (Wildman–Crippen MR) is 98.0 cm³/mol. The number of methoxy groups -OCH3 is 2. The van der Waals surface area contributed by atoms with Crippen molar-refractivity contribution < 1.29 is 14.3 Å². The number of allylic oxidation sites excluding steroid dienone is 1. The molecule has 0 saturated heterocycles. The van der Waals surface area contributed by atoms with Crippen molar-refractivity contribution in [3.8, 4) is 11.5 Å². The van der Waals surface area contributed by atoms with Gasteiger partial charge in [-0.05, 0) is 59.1 Å². The van der Waals surface area contributed by atoms with Crippen molar-refractivity contribution >= 4 is 28.4 Å². The van der Waals surface area contributed by atoms with Crippen LogP contribution in [0.2, 0.25) is 0 Å². The van der Waals surface area contributed by atoms with Crippen molar-refractivity contribution in [2.75, 3.05) is 27.3 Å². The summed E-state index contributed by atoms with van der Waals surface area (Å²) in [6.07, 6.45) is 4.35. The van der Waals surface area contributed by atoms with Gasteiger partial charge in [-0.15, -0.1) is 0 Å². The van der Waals surface area contributed by atoms with Gasteiger partial charge in [0, 0.05) is 31.6 Å². The molecule has 2 aliphatic rings. The summed E-state index contributed by atoms with van der Waals surface area (Å²) in [5.74, 6) is 1.99. The summed E-state index contributed by atoms with van der Waals surface area (Å²) in [5, 5.41) is 0. The molecule has 1 aliphatic carbocycles. The third kappa shape index (κ3) is 3.34. The average Bonchev–Trinajstić information content (AvgIpc) is 2.95. The standard InChI is InChI=1S/C18H22INO3/c1-22-16-6-3-12(17(19)18(16)23-2)7-9-20-10-8-13-11-14(21)4-5-15(13)20/h3,6H,4-5,7-11H2,1-2H3. The second-order valence-electron chi connectivity index (χ2n) is 6.03. The van der Waals surface area contributed by atoms with Gasteiger partial charge in [-0.2, -0.15) is 0 Å². The first-order valence-corrected chi connectivity index (χ1v) is 9.08. The van der Waals surface area contributed by atoms with E-state index in [0.29, 0.717) is 18.6 Å². The Morgan fingerprint density at radius 2 is 2.00 bits per heavy atom. The highest BCUT2D eigenvalue weighted by Crippen LogP contribution is 2.36. The van der Waals surface area contributed by atoms with Crippen LogP contribution in [0.15, 0.2) is 23.4 Å². The maximum Gasteiger partial charge on any atom is 0.174 e. The number of hydrogen-bond acceptors (Lipinski definition) is 4. The van der Waals surface area contributed by atoms with Gasteiger partial charge in [0.1, 0.15) is 5.78 Å². The zero-order chi connectivity index (χ0) is 16.4. The first-order chi connectivity index (χ1) is 11.1. The van der Waals surface area contributed by atoms with E-state index in [1.54, 1.807) is 14.2 Å². The van der Waals surface area contributed by atoms with E-state index in [1.165, 1.54) is 16.8 Å². The lowest BCUT2D eigenvalue weighted by atomic mass is 9.95. The Kier molecular flexibility index (Phi) is 5.14. The van der Waals surface area contributed by atoms with Crippen LogP contribution in [0.3, 0.4) is 0 Å². The molecule has 0 radical (unpaired) electrons. The number of rotatable bonds is 5. The zero-order valence-electron chi connectivity index (χ0n) is 13.7. The third-order valence-electron chi connectivity index (χ3n) is 4.74. The first kappa shape index (κ1) is 16.6. The molecule has 1 heterocycles. The van der Waals surface area contributed by atoms with E-state index in [-0.39, 0.29) is 0 Å². The number of carbonyl (C=O) groups excluding carboxylic acids is 1. The van der Waals surface area contributed by atoms with Gasteiger partial charge in [0.2, 0.25) is 0 Å². The molecule has 0 saturated carbocycles. The Labute approximate surface area is 151 Å². The Morgan fingerprint density at radius 3 is 2.74 bits per heavy atom. The van der Waals surface area contributed by atoms with Crippen LogP contribution >= 0.6 is 22.6 Å². The molecule has 0 spiro atoms. The number of carbonyl (C=O) groups is 1. The number of benzene rings is 1. The summed E-state index contributed by atoms with van der Waals surface area (Å²) >= 11 is 2.34. The average molecular weight is 427 g/mol. The van der Waals surface area contributed by atoms with Crippen molar-refractivity contribution in [2.45, 2.75) is 32.1 Å². The lowest BCUT2D eigenvalue weighted by Gasteiger charge is -2.25. The summed E-state index contributed by atoms with van der Waals surface area (Å²) in [6.45, 7) is 2.06. The van der Waals surface area contributed by atoms with Crippen LogP contribution in [0.4, 0.5) is 0 Å². The fourth-order valence-electron chi connectivity index (χ4n) is 3.51. The molecule has 3 rings (SSSR count). The Hall–Kier alpha value is -1.24. The molecular weight excluding hydrogens is 405 g/mol. The highest BCUT2D eigenvalue weighted by atomic mass is 127. The fourth-order valence-corrected chi connectivity index (χ4v) is 4.44. The number of ether oxygens (including phenoxy) is 2. The largest absolute Gasteiger partial charge is 0.493 e. The Balaban J connectivity index is 1.71. The van der Waals surface area contributed by atoms with Gasteiger partial charge >= 0.3 is 0 Å². The predicted octanol–water partition coefficient (Wildman–Crippen LogP) is 3.56. The lowest BCUT2D eigenvalue weighted by molar-refractivity contribution is -0.118. The van der Waals surface area contributed by atoms with Crippen LogP contribution in [-0.2, 0) is 11.2 Å². The van der Waals surface area contributed by atoms with E-state index in [2.05, 4.69) is 33.6 Å². The van der Waals surface area contributed by atoms with Gasteiger partial charge in [-0.3, -0.25) is 4.79 Å². The molecule has 0 amide bonds. The van der Waals surface area contributed by atoms with Gasteiger partial charge < -0.3 is 14.4 Å². The number of halogens is 1. The molecule has 124 valence electrons. The highest BCUT2D eigenvalue weighted by molar-refractivity contribution is 14.1. The van der Waals surface area contributed by atoms with E-state index < -0.39 is 0 Å². The smallest absolute Gasteiger partial charge is 0.174 e. The molecule has 5 heteroatoms. The Morgan fingerprint density at radius 1 is 1.17 bits per heavy atom. The maximum atomic E-state index is 11.6. The maximum absolute atomic E-state index is 11.6. The molecule has 0 fully saturated rings. The molecule has 1 aliphatic heterocycles. The minimum Gasteiger partial charge on any atom is -0.493 e. The number of nitrogens with zero attached hydrogens (tertiary/aromatic N) is 1. The van der Waals surface area contributed by atoms with Crippen molar-refractivity contribution in [1.29, 1.82) is 0 Å². The molecule has 1 aromatic rings. The highest BCUT2D eigenvalue weighted by Gasteiger charge is 2.27. The number of ketones is 1. The van der Waals surface area contributed by atoms with Crippen molar-refractivity contribution in [3.63, 3.8) is 0 Å². The quantitative estimate of drug-likeness (QED) is 0.674. The Bertz CT molecular complexity index is 654. The van der Waals surface area contributed by atoms with E-state index in [0.717, 1.165) is 47.4 Å². The first-order valence-electron chi connectivity index (χ1n) is 8.01. The van der Waals surface area contributed by atoms with Gasteiger partial charge in [0.15, 0.2) is 11.5 Å². The zero-order valence-corrected chi connectivity index (χ0v) is 15.8. The molecule has 0 atom stereocenters. The SMILES string of the molecule is COc1ccc(CCN2CCC3=C2CCC(=O)C3)c(I)c1OC. The minimum absolute atomic E-state index is 0.403. The molecule has 0 unspecified atom stereocenters. The van der Waals surface area contributed by atoms with Crippen molar-refractivity contribution in [2.24, 2.45) is 0 Å². The van der Waals surface area contributed by atoms with E-state index in [4.69, 9.17) is 9.47 Å². The summed E-state index contributed by atoms with van der Waals surface area (Å²) < 4.78 is 12.0. The van der Waals surface area contributed by atoms with Gasteiger partial charge in [0.25, 0.3) is 0 Å². The number of hydrogen-bond donors (Lipinski definition) is 0. The van der Waals surface area contributed by atoms with Crippen LogP contribution < -0.4 is 9.47 Å². The molecule has 1 aromatic carbocycles. The van der Waals surface area contributed by atoms with E-state index in [1.807, 2.05) is 6.07 Å². The molecular formula is C18H22INO3. The van der Waals surface area contributed by atoms with Crippen LogP contribution in [0.5, 0.6) is 11.5 Å². The lowest BCUT2D eigenvalue weighted by Crippen LogP contribution is -2.24. The van der Waals surface area contributed by atoms with E-state index in [9.17, 15) is 4.79 Å². The van der Waals surface area contributed by atoms with Crippen molar-refractivity contribution in [1.82, 2.24) is 4.90 Å². The van der Waals surface area contributed by atoms with Crippen LogP contribution in [-0.4, -0.2) is 38.0 Å². The van der Waals surface area contributed by atoms with Crippen LogP contribution in [0, 0.1) is 3.57 Å². The second kappa shape index (κ2) is 7.11. The molecule has 23 heavy (non-hydrogen) atoms. The third-order valence-corrected chi connectivity index (χ3v) is 5.92. The second-order valence-corrected chi connectivity index (χ2v) is 7.11. The topological polar surface area (TPSA) is 38.8 Å².